The maximum Gasteiger partial charge on any atom is 0.253 e. The number of benzene rings is 3. The van der Waals surface area contributed by atoms with Crippen molar-refractivity contribution in [2.24, 2.45) is 0 Å². The molecule has 0 N–H and O–H groups in total. The lowest BCUT2D eigenvalue weighted by atomic mass is 10.2. The number of amides is 1. The second kappa shape index (κ2) is 9.39. The molecule has 1 amide bonds. The number of carbonyl (C=O) groups is 1. The molecule has 0 saturated carbocycles. The minimum Gasteiger partial charge on any atom is -0.457 e. The van der Waals surface area contributed by atoms with E-state index in [0.717, 1.165) is 50.6 Å². The van der Waals surface area contributed by atoms with Gasteiger partial charge in [-0.3, -0.25) is 9.69 Å². The second-order valence-corrected chi connectivity index (χ2v) is 7.35. The van der Waals surface area contributed by atoms with Gasteiger partial charge in [-0.25, -0.2) is 0 Å². The maximum atomic E-state index is 13.0. The fraction of sp³-hybridized carbons (Fsp3) is 0.240. The third-order valence-electron chi connectivity index (χ3n) is 5.20. The van der Waals surface area contributed by atoms with Crippen molar-refractivity contribution >= 4 is 5.91 Å². The Balaban J connectivity index is 1.34. The molecule has 0 spiro atoms. The van der Waals surface area contributed by atoms with Crippen molar-refractivity contribution < 1.29 is 9.53 Å². The molecule has 0 unspecified atom stereocenters. The molecule has 4 rings (SSSR count). The van der Waals surface area contributed by atoms with Gasteiger partial charge in [0.1, 0.15) is 11.5 Å². The van der Waals surface area contributed by atoms with Gasteiger partial charge in [0, 0.05) is 38.3 Å². The van der Waals surface area contributed by atoms with E-state index in [0.29, 0.717) is 5.56 Å². The summed E-state index contributed by atoms with van der Waals surface area (Å²) in [5.74, 6) is 1.62. The number of hydrogen-bond acceptors (Lipinski definition) is 3. The van der Waals surface area contributed by atoms with Gasteiger partial charge in [0.15, 0.2) is 0 Å². The summed E-state index contributed by atoms with van der Waals surface area (Å²) in [6.45, 7) is 4.41. The lowest BCUT2D eigenvalue weighted by molar-refractivity contribution is 0.0761. The van der Waals surface area contributed by atoms with Gasteiger partial charge in [-0.1, -0.05) is 48.5 Å². The summed E-state index contributed by atoms with van der Waals surface area (Å²) in [6, 6.07) is 27.6. The maximum absolute atomic E-state index is 13.0. The van der Waals surface area contributed by atoms with E-state index in [-0.39, 0.29) is 5.91 Å². The average Bonchev–Trinajstić information content (AvgIpc) is 3.01. The number of para-hydroxylation sites is 1. The minimum absolute atomic E-state index is 0.0952. The Morgan fingerprint density at radius 1 is 0.724 bits per heavy atom. The van der Waals surface area contributed by atoms with Crippen LogP contribution in [0.1, 0.15) is 22.3 Å². The van der Waals surface area contributed by atoms with Crippen LogP contribution >= 0.6 is 0 Å². The molecule has 0 atom stereocenters. The summed E-state index contributed by atoms with van der Waals surface area (Å²) >= 11 is 0. The van der Waals surface area contributed by atoms with Crippen LogP contribution in [0.5, 0.6) is 11.5 Å². The molecule has 3 aromatic rings. The molecule has 0 aromatic heterocycles. The molecule has 0 bridgehead atoms. The highest BCUT2D eigenvalue weighted by Gasteiger charge is 2.20. The lowest BCUT2D eigenvalue weighted by Crippen LogP contribution is -2.35. The molecule has 1 fully saturated rings. The Kier molecular flexibility index (Phi) is 6.22. The largest absolute Gasteiger partial charge is 0.457 e. The molecule has 3 aromatic carbocycles. The highest BCUT2D eigenvalue weighted by molar-refractivity contribution is 5.94. The third kappa shape index (κ3) is 5.24. The van der Waals surface area contributed by atoms with E-state index in [1.54, 1.807) is 0 Å². The number of ether oxygens (including phenoxy) is 1. The lowest BCUT2D eigenvalue weighted by Gasteiger charge is -2.22. The van der Waals surface area contributed by atoms with Crippen LogP contribution in [-0.4, -0.2) is 41.9 Å². The van der Waals surface area contributed by atoms with Crippen LogP contribution in [0.2, 0.25) is 0 Å². The molecule has 148 valence electrons. The molecule has 0 radical (unpaired) electrons. The van der Waals surface area contributed by atoms with Crippen LogP contribution in [-0.2, 0) is 6.54 Å². The van der Waals surface area contributed by atoms with Crippen molar-refractivity contribution in [3.63, 3.8) is 0 Å². The first kappa shape index (κ1) is 19.2. The molecule has 0 aliphatic carbocycles. The van der Waals surface area contributed by atoms with Gasteiger partial charge < -0.3 is 9.64 Å². The zero-order valence-corrected chi connectivity index (χ0v) is 16.5. The minimum atomic E-state index is 0.0952. The first-order valence-corrected chi connectivity index (χ1v) is 10.2. The third-order valence-corrected chi connectivity index (χ3v) is 5.20. The highest BCUT2D eigenvalue weighted by Crippen LogP contribution is 2.22. The summed E-state index contributed by atoms with van der Waals surface area (Å²) < 4.78 is 5.82. The van der Waals surface area contributed by atoms with Crippen LogP contribution < -0.4 is 4.74 Å². The standard InChI is InChI=1S/C25H26N2O2/c28-25(22-12-14-24(15-13-22)29-23-10-5-2-6-11-23)27-17-7-16-26(18-19-27)20-21-8-3-1-4-9-21/h1-6,8-15H,7,16-20H2. The number of carbonyl (C=O) groups excluding carboxylic acids is 1. The fourth-order valence-electron chi connectivity index (χ4n) is 3.65. The van der Waals surface area contributed by atoms with Crippen LogP contribution in [0.25, 0.3) is 0 Å². The van der Waals surface area contributed by atoms with E-state index < -0.39 is 0 Å². The van der Waals surface area contributed by atoms with Gasteiger partial charge in [-0.05, 0) is 48.4 Å². The van der Waals surface area contributed by atoms with Crippen molar-refractivity contribution in [3.8, 4) is 11.5 Å². The number of hydrogen-bond donors (Lipinski definition) is 0. The van der Waals surface area contributed by atoms with E-state index in [1.165, 1.54) is 5.56 Å². The van der Waals surface area contributed by atoms with E-state index in [2.05, 4.69) is 29.2 Å². The van der Waals surface area contributed by atoms with Gasteiger partial charge in [0.2, 0.25) is 0 Å². The van der Waals surface area contributed by atoms with Crippen LogP contribution in [0.3, 0.4) is 0 Å². The molecular formula is C25H26N2O2. The molecule has 1 aliphatic heterocycles. The molecule has 1 aliphatic rings. The van der Waals surface area contributed by atoms with Crippen molar-refractivity contribution in [3.05, 3.63) is 96.1 Å². The Bertz CT molecular complexity index is 911. The van der Waals surface area contributed by atoms with Crippen molar-refractivity contribution in [2.45, 2.75) is 13.0 Å². The summed E-state index contributed by atoms with van der Waals surface area (Å²) in [7, 11) is 0. The second-order valence-electron chi connectivity index (χ2n) is 7.35. The Hall–Kier alpha value is -3.11. The van der Waals surface area contributed by atoms with E-state index in [9.17, 15) is 4.79 Å². The molecule has 29 heavy (non-hydrogen) atoms. The van der Waals surface area contributed by atoms with Crippen molar-refractivity contribution in [1.29, 1.82) is 0 Å². The van der Waals surface area contributed by atoms with E-state index >= 15 is 0 Å². The highest BCUT2D eigenvalue weighted by atomic mass is 16.5. The smallest absolute Gasteiger partial charge is 0.253 e. The van der Waals surface area contributed by atoms with Gasteiger partial charge in [-0.2, -0.15) is 0 Å². The van der Waals surface area contributed by atoms with E-state index in [4.69, 9.17) is 4.74 Å². The predicted molar refractivity (Wildman–Crippen MR) is 115 cm³/mol. The zero-order chi connectivity index (χ0) is 19.9. The van der Waals surface area contributed by atoms with Gasteiger partial charge >= 0.3 is 0 Å². The molecule has 1 heterocycles. The normalized spacial score (nSPS) is 15.0. The molecule has 4 heteroatoms. The van der Waals surface area contributed by atoms with Gasteiger partial charge in [0.25, 0.3) is 5.91 Å². The Morgan fingerprint density at radius 3 is 2.10 bits per heavy atom. The zero-order valence-electron chi connectivity index (χ0n) is 16.5. The van der Waals surface area contributed by atoms with E-state index in [1.807, 2.05) is 65.6 Å². The number of rotatable bonds is 5. The molecule has 1 saturated heterocycles. The Morgan fingerprint density at radius 2 is 1.38 bits per heavy atom. The summed E-state index contributed by atoms with van der Waals surface area (Å²) in [5, 5.41) is 0. The monoisotopic (exact) mass is 386 g/mol. The molecule has 4 nitrogen and oxygen atoms in total. The van der Waals surface area contributed by atoms with Gasteiger partial charge in [0.05, 0.1) is 0 Å². The summed E-state index contributed by atoms with van der Waals surface area (Å²) in [4.78, 5) is 17.4. The quantitative estimate of drug-likeness (QED) is 0.630. The first-order chi connectivity index (χ1) is 14.3. The summed E-state index contributed by atoms with van der Waals surface area (Å²) in [5.41, 5.74) is 2.03. The van der Waals surface area contributed by atoms with Crippen molar-refractivity contribution in [1.82, 2.24) is 9.80 Å². The number of nitrogens with zero attached hydrogens (tertiary/aromatic N) is 2. The molecular weight excluding hydrogens is 360 g/mol. The summed E-state index contributed by atoms with van der Waals surface area (Å²) in [6.07, 6.45) is 0.994. The van der Waals surface area contributed by atoms with Crippen LogP contribution in [0.15, 0.2) is 84.9 Å². The van der Waals surface area contributed by atoms with Crippen LogP contribution in [0.4, 0.5) is 0 Å². The topological polar surface area (TPSA) is 32.8 Å². The average molecular weight is 386 g/mol. The fourth-order valence-corrected chi connectivity index (χ4v) is 3.65. The van der Waals surface area contributed by atoms with Crippen molar-refractivity contribution in [2.75, 3.05) is 26.2 Å². The van der Waals surface area contributed by atoms with Gasteiger partial charge in [-0.15, -0.1) is 0 Å². The SMILES string of the molecule is O=C(c1ccc(Oc2ccccc2)cc1)N1CCCN(Cc2ccccc2)CC1. The Labute approximate surface area is 172 Å². The van der Waals surface area contributed by atoms with Crippen LogP contribution in [0, 0.1) is 0 Å². The first-order valence-electron chi connectivity index (χ1n) is 10.2. The predicted octanol–water partition coefficient (Wildman–Crippen LogP) is 4.83.